The molecule has 1 N–H and O–H groups in total. The molecule has 0 bridgehead atoms. The van der Waals surface area contributed by atoms with Gasteiger partial charge in [-0.25, -0.2) is 13.1 Å². The summed E-state index contributed by atoms with van der Waals surface area (Å²) in [7, 11) is -3.49. The van der Waals surface area contributed by atoms with E-state index in [1.807, 2.05) is 6.07 Å². The number of sulfonamides is 1. The number of aryl methyl sites for hydroxylation is 1. The molecule has 106 valence electrons. The van der Waals surface area contributed by atoms with Crippen LogP contribution in [0.4, 0.5) is 0 Å². The van der Waals surface area contributed by atoms with Crippen LogP contribution in [-0.2, 0) is 23.0 Å². The van der Waals surface area contributed by atoms with Crippen LogP contribution in [0.2, 0.25) is 0 Å². The van der Waals surface area contributed by atoms with Crippen molar-refractivity contribution in [2.75, 3.05) is 5.75 Å². The van der Waals surface area contributed by atoms with Crippen LogP contribution in [0.1, 0.15) is 17.7 Å². The van der Waals surface area contributed by atoms with Gasteiger partial charge < -0.3 is 4.42 Å². The fourth-order valence-electron chi connectivity index (χ4n) is 2.17. The van der Waals surface area contributed by atoms with Gasteiger partial charge in [-0.1, -0.05) is 0 Å². The van der Waals surface area contributed by atoms with Crippen LogP contribution in [0.15, 0.2) is 50.8 Å². The highest BCUT2D eigenvalue weighted by Gasteiger charge is 2.18. The maximum absolute atomic E-state index is 12.3. The van der Waals surface area contributed by atoms with Crippen LogP contribution in [0.5, 0.6) is 0 Å². The van der Waals surface area contributed by atoms with Crippen molar-refractivity contribution in [2.45, 2.75) is 29.2 Å². The van der Waals surface area contributed by atoms with E-state index in [0.717, 1.165) is 24.2 Å². The quantitative estimate of drug-likeness (QED) is 0.943. The van der Waals surface area contributed by atoms with Crippen molar-refractivity contribution in [2.24, 2.45) is 0 Å². The molecule has 2 heterocycles. The van der Waals surface area contributed by atoms with Crippen LogP contribution in [0, 0.1) is 0 Å². The van der Waals surface area contributed by atoms with E-state index in [1.165, 1.54) is 11.2 Å². The molecule has 3 rings (SSSR count). The van der Waals surface area contributed by atoms with Gasteiger partial charge in [-0.05, 0) is 54.5 Å². The highest BCUT2D eigenvalue weighted by molar-refractivity contribution is 7.99. The van der Waals surface area contributed by atoms with E-state index in [9.17, 15) is 8.42 Å². The Labute approximate surface area is 122 Å². The molecular formula is C14H15NO3S2. The molecule has 0 atom stereocenters. The average molecular weight is 309 g/mol. The molecule has 1 aliphatic rings. The summed E-state index contributed by atoms with van der Waals surface area (Å²) < 4.78 is 32.2. The molecule has 1 aromatic carbocycles. The zero-order chi connectivity index (χ0) is 14.0. The lowest BCUT2D eigenvalue weighted by Crippen LogP contribution is -2.23. The summed E-state index contributed by atoms with van der Waals surface area (Å²) in [5.74, 6) is 1.71. The number of hydrogen-bond donors (Lipinski definition) is 1. The van der Waals surface area contributed by atoms with Gasteiger partial charge in [-0.15, -0.1) is 11.8 Å². The predicted molar refractivity (Wildman–Crippen MR) is 78.2 cm³/mol. The Balaban J connectivity index is 1.80. The molecule has 0 unspecified atom stereocenters. The van der Waals surface area contributed by atoms with Crippen LogP contribution in [0.25, 0.3) is 0 Å². The Morgan fingerprint density at radius 2 is 2.20 bits per heavy atom. The van der Waals surface area contributed by atoms with Gasteiger partial charge in [-0.2, -0.15) is 0 Å². The van der Waals surface area contributed by atoms with Crippen molar-refractivity contribution < 1.29 is 12.8 Å². The van der Waals surface area contributed by atoms with Gasteiger partial charge in [0.05, 0.1) is 17.7 Å². The molecule has 0 saturated carbocycles. The number of nitrogens with one attached hydrogen (secondary N) is 1. The zero-order valence-electron chi connectivity index (χ0n) is 10.8. The minimum absolute atomic E-state index is 0.168. The molecule has 4 nitrogen and oxygen atoms in total. The lowest BCUT2D eigenvalue weighted by atomic mass is 10.1. The zero-order valence-corrected chi connectivity index (χ0v) is 12.5. The largest absolute Gasteiger partial charge is 0.468 e. The second kappa shape index (κ2) is 5.63. The predicted octanol–water partition coefficient (Wildman–Crippen LogP) is 2.80. The first kappa shape index (κ1) is 13.7. The first-order valence-electron chi connectivity index (χ1n) is 6.43. The number of thioether (sulfide) groups is 1. The molecule has 1 aromatic heterocycles. The highest BCUT2D eigenvalue weighted by Crippen LogP contribution is 2.31. The number of hydrogen-bond acceptors (Lipinski definition) is 4. The van der Waals surface area contributed by atoms with Gasteiger partial charge in [0.25, 0.3) is 0 Å². The average Bonchev–Trinajstić information content (AvgIpc) is 2.98. The van der Waals surface area contributed by atoms with Crippen molar-refractivity contribution in [1.29, 1.82) is 0 Å². The van der Waals surface area contributed by atoms with Crippen LogP contribution in [-0.4, -0.2) is 14.2 Å². The third-order valence-corrected chi connectivity index (χ3v) is 5.81. The SMILES string of the molecule is O=S(=O)(NCc1ccco1)c1ccc2c(c1)CCCS2. The molecule has 0 radical (unpaired) electrons. The summed E-state index contributed by atoms with van der Waals surface area (Å²) in [6.07, 6.45) is 3.57. The molecule has 0 amide bonds. The summed E-state index contributed by atoms with van der Waals surface area (Å²) >= 11 is 1.79. The number of furan rings is 1. The lowest BCUT2D eigenvalue weighted by Gasteiger charge is -2.16. The number of rotatable bonds is 4. The van der Waals surface area contributed by atoms with Crippen LogP contribution in [0.3, 0.4) is 0 Å². The maximum atomic E-state index is 12.3. The van der Waals surface area contributed by atoms with Gasteiger partial charge in [0.1, 0.15) is 5.76 Å². The third-order valence-electron chi connectivity index (χ3n) is 3.21. The minimum Gasteiger partial charge on any atom is -0.468 e. The van der Waals surface area contributed by atoms with Gasteiger partial charge >= 0.3 is 0 Å². The van der Waals surface area contributed by atoms with Crippen LogP contribution >= 0.6 is 11.8 Å². The van der Waals surface area contributed by atoms with E-state index in [4.69, 9.17) is 4.42 Å². The second-order valence-electron chi connectivity index (χ2n) is 4.63. The van der Waals surface area contributed by atoms with E-state index in [0.29, 0.717) is 10.7 Å². The summed E-state index contributed by atoms with van der Waals surface area (Å²) in [6, 6.07) is 8.83. The maximum Gasteiger partial charge on any atom is 0.240 e. The number of benzene rings is 1. The van der Waals surface area contributed by atoms with E-state index in [-0.39, 0.29) is 6.54 Å². The minimum atomic E-state index is -3.49. The normalized spacial score (nSPS) is 15.0. The van der Waals surface area contributed by atoms with Gasteiger partial charge in [0.2, 0.25) is 10.0 Å². The fraction of sp³-hybridized carbons (Fsp3) is 0.286. The van der Waals surface area contributed by atoms with E-state index in [2.05, 4.69) is 4.72 Å². The van der Waals surface area contributed by atoms with Crippen molar-refractivity contribution in [3.05, 3.63) is 47.9 Å². The molecule has 2 aromatic rings. The van der Waals surface area contributed by atoms with Crippen molar-refractivity contribution in [1.82, 2.24) is 4.72 Å². The molecule has 0 spiro atoms. The monoisotopic (exact) mass is 309 g/mol. The Morgan fingerprint density at radius 1 is 1.30 bits per heavy atom. The topological polar surface area (TPSA) is 59.3 Å². The van der Waals surface area contributed by atoms with E-state index < -0.39 is 10.0 Å². The first-order chi connectivity index (χ1) is 9.65. The highest BCUT2D eigenvalue weighted by atomic mass is 32.2. The van der Waals surface area contributed by atoms with E-state index in [1.54, 1.807) is 36.0 Å². The summed E-state index contributed by atoms with van der Waals surface area (Å²) in [5.41, 5.74) is 1.13. The molecule has 20 heavy (non-hydrogen) atoms. The summed E-state index contributed by atoms with van der Waals surface area (Å²) in [4.78, 5) is 1.52. The van der Waals surface area contributed by atoms with Crippen molar-refractivity contribution >= 4 is 21.8 Å². The van der Waals surface area contributed by atoms with Crippen LogP contribution < -0.4 is 4.72 Å². The Kier molecular flexibility index (Phi) is 3.87. The Bertz CT molecular complexity index is 693. The molecule has 0 fully saturated rings. The second-order valence-corrected chi connectivity index (χ2v) is 7.53. The lowest BCUT2D eigenvalue weighted by molar-refractivity contribution is 0.498. The van der Waals surface area contributed by atoms with Gasteiger partial charge in [-0.3, -0.25) is 0 Å². The van der Waals surface area contributed by atoms with Gasteiger partial charge in [0, 0.05) is 4.90 Å². The molecular weight excluding hydrogens is 294 g/mol. The molecule has 1 aliphatic heterocycles. The van der Waals surface area contributed by atoms with Gasteiger partial charge in [0.15, 0.2) is 0 Å². The fourth-order valence-corrected chi connectivity index (χ4v) is 4.23. The number of fused-ring (bicyclic) bond motifs is 1. The first-order valence-corrected chi connectivity index (χ1v) is 8.90. The Hall–Kier alpha value is -1.24. The summed E-state index contributed by atoms with van der Waals surface area (Å²) in [6.45, 7) is 0.168. The van der Waals surface area contributed by atoms with Crippen molar-refractivity contribution in [3.8, 4) is 0 Å². The Morgan fingerprint density at radius 3 is 3.00 bits per heavy atom. The molecule has 6 heteroatoms. The molecule has 0 saturated heterocycles. The van der Waals surface area contributed by atoms with E-state index >= 15 is 0 Å². The third kappa shape index (κ3) is 2.92. The molecule has 0 aliphatic carbocycles. The van der Waals surface area contributed by atoms with Crippen molar-refractivity contribution in [3.63, 3.8) is 0 Å². The smallest absolute Gasteiger partial charge is 0.240 e. The summed E-state index contributed by atoms with van der Waals surface area (Å²) in [5, 5.41) is 0. The standard InChI is InChI=1S/C14H15NO3S2/c16-20(17,15-10-12-4-1-7-18-12)13-5-6-14-11(9-13)3-2-8-19-14/h1,4-7,9,15H,2-3,8,10H2.